The number of carbonyl (C=O) groups excluding carboxylic acids is 3. The van der Waals surface area contributed by atoms with E-state index in [0.717, 1.165) is 11.1 Å². The molecule has 3 N–H and O–H groups in total. The smallest absolute Gasteiger partial charge is 0.255 e. The zero-order valence-corrected chi connectivity index (χ0v) is 10.9. The minimum Gasteiger partial charge on any atom is -0.353 e. The molecule has 20 heavy (non-hydrogen) atoms. The lowest BCUT2D eigenvalue weighted by Gasteiger charge is -2.28. The van der Waals surface area contributed by atoms with Crippen LogP contribution in [0.4, 0.5) is 0 Å². The highest BCUT2D eigenvalue weighted by atomic mass is 16.2. The first-order valence-corrected chi connectivity index (χ1v) is 6.55. The summed E-state index contributed by atoms with van der Waals surface area (Å²) in [6.45, 7) is 1.02. The number of hydrogen-bond acceptors (Lipinski definition) is 4. The number of nitrogens with one attached hydrogen (secondary N) is 1. The van der Waals surface area contributed by atoms with Crippen LogP contribution in [-0.4, -0.2) is 35.1 Å². The number of ketones is 1. The lowest BCUT2D eigenvalue weighted by atomic mass is 10.0. The normalized spacial score (nSPS) is 21.9. The van der Waals surface area contributed by atoms with Crippen LogP contribution >= 0.6 is 0 Å². The highest BCUT2D eigenvalue weighted by molar-refractivity contribution is 6.12. The van der Waals surface area contributed by atoms with E-state index in [1.165, 1.54) is 4.90 Å². The van der Waals surface area contributed by atoms with Gasteiger partial charge in [0.25, 0.3) is 11.8 Å². The fourth-order valence-corrected chi connectivity index (χ4v) is 2.74. The first kappa shape index (κ1) is 12.8. The third-order valence-corrected chi connectivity index (χ3v) is 3.77. The van der Waals surface area contributed by atoms with Crippen molar-refractivity contribution in [1.29, 1.82) is 0 Å². The minimum absolute atomic E-state index is 0.200. The van der Waals surface area contributed by atoms with E-state index in [-0.39, 0.29) is 30.6 Å². The molecule has 6 nitrogen and oxygen atoms in total. The Kier molecular flexibility index (Phi) is 3.02. The summed E-state index contributed by atoms with van der Waals surface area (Å²) in [5, 5.41) is 2.64. The molecule has 1 unspecified atom stereocenters. The fourth-order valence-electron chi connectivity index (χ4n) is 2.74. The molecule has 0 radical (unpaired) electrons. The van der Waals surface area contributed by atoms with Gasteiger partial charge >= 0.3 is 0 Å². The second kappa shape index (κ2) is 4.72. The maximum atomic E-state index is 12.3. The summed E-state index contributed by atoms with van der Waals surface area (Å²) in [6.07, 6.45) is 0.268. The Morgan fingerprint density at radius 3 is 2.80 bits per heavy atom. The van der Waals surface area contributed by atoms with Crippen LogP contribution in [0, 0.1) is 0 Å². The molecule has 2 aliphatic rings. The van der Waals surface area contributed by atoms with Crippen LogP contribution in [0.15, 0.2) is 18.2 Å². The summed E-state index contributed by atoms with van der Waals surface area (Å²) >= 11 is 0. The zero-order chi connectivity index (χ0) is 14.3. The number of piperidine rings is 1. The van der Waals surface area contributed by atoms with E-state index in [2.05, 4.69) is 5.32 Å². The van der Waals surface area contributed by atoms with Gasteiger partial charge in [0.05, 0.1) is 0 Å². The lowest BCUT2D eigenvalue weighted by molar-refractivity contribution is -0.137. The predicted molar refractivity (Wildman–Crippen MR) is 70.6 cm³/mol. The third kappa shape index (κ3) is 1.89. The minimum atomic E-state index is -0.995. The first-order chi connectivity index (χ1) is 9.61. The molecular weight excluding hydrogens is 258 g/mol. The molecule has 2 amide bonds. The Balaban J connectivity index is 1.93. The number of nitrogens with two attached hydrogens (primary N) is 1. The second-order valence-electron chi connectivity index (χ2n) is 5.04. The van der Waals surface area contributed by atoms with E-state index in [4.69, 9.17) is 5.73 Å². The van der Waals surface area contributed by atoms with Crippen molar-refractivity contribution < 1.29 is 14.4 Å². The quantitative estimate of drug-likeness (QED) is 0.714. The van der Waals surface area contributed by atoms with Gasteiger partial charge < -0.3 is 16.0 Å². The third-order valence-electron chi connectivity index (χ3n) is 3.77. The van der Waals surface area contributed by atoms with Crippen LogP contribution in [0.25, 0.3) is 0 Å². The molecule has 1 aromatic rings. The Bertz CT molecular complexity index is 596. The summed E-state index contributed by atoms with van der Waals surface area (Å²) in [5.41, 5.74) is 7.88. The molecule has 3 rings (SSSR count). The summed E-state index contributed by atoms with van der Waals surface area (Å²) in [4.78, 5) is 37.5. The average Bonchev–Trinajstić information content (AvgIpc) is 2.75. The molecule has 0 aromatic heterocycles. The maximum absolute atomic E-state index is 12.3. The number of rotatable bonds is 2. The Labute approximate surface area is 115 Å². The monoisotopic (exact) mass is 273 g/mol. The highest BCUT2D eigenvalue weighted by Crippen LogP contribution is 2.27. The summed E-state index contributed by atoms with van der Waals surface area (Å²) in [5.74, 6) is -0.852. The van der Waals surface area contributed by atoms with Crippen molar-refractivity contribution in [3.8, 4) is 0 Å². The van der Waals surface area contributed by atoms with E-state index in [1.54, 1.807) is 12.1 Å². The number of amides is 2. The highest BCUT2D eigenvalue weighted by Gasteiger charge is 2.41. The molecule has 0 aliphatic carbocycles. The number of fused-ring (bicyclic) bond motifs is 1. The molecule has 0 spiro atoms. The van der Waals surface area contributed by atoms with Crippen molar-refractivity contribution in [3.63, 3.8) is 0 Å². The SMILES string of the molecule is NCc1ccc2c(c1)CN(C1C(=O)CCNC1=O)C2=O. The van der Waals surface area contributed by atoms with Crippen molar-refractivity contribution in [1.82, 2.24) is 10.2 Å². The fraction of sp³-hybridized carbons (Fsp3) is 0.357. The van der Waals surface area contributed by atoms with Crippen LogP contribution in [0.2, 0.25) is 0 Å². The van der Waals surface area contributed by atoms with E-state index in [1.807, 2.05) is 6.07 Å². The van der Waals surface area contributed by atoms with Crippen LogP contribution in [0.1, 0.15) is 27.9 Å². The van der Waals surface area contributed by atoms with Gasteiger partial charge in [-0.1, -0.05) is 12.1 Å². The largest absolute Gasteiger partial charge is 0.353 e. The van der Waals surface area contributed by atoms with Crippen LogP contribution in [0.5, 0.6) is 0 Å². The number of carbonyl (C=O) groups is 3. The van der Waals surface area contributed by atoms with Crippen molar-refractivity contribution in [2.75, 3.05) is 6.54 Å². The van der Waals surface area contributed by atoms with Gasteiger partial charge in [0.15, 0.2) is 11.8 Å². The zero-order valence-electron chi connectivity index (χ0n) is 10.9. The molecular formula is C14H15N3O3. The molecule has 1 atom stereocenters. The summed E-state index contributed by atoms with van der Waals surface area (Å²) in [6, 6.07) is 4.37. The van der Waals surface area contributed by atoms with Gasteiger partial charge in [0, 0.05) is 31.6 Å². The van der Waals surface area contributed by atoms with Crippen LogP contribution in [-0.2, 0) is 22.7 Å². The molecule has 2 heterocycles. The summed E-state index contributed by atoms with van der Waals surface area (Å²) < 4.78 is 0. The summed E-state index contributed by atoms with van der Waals surface area (Å²) in [7, 11) is 0. The van der Waals surface area contributed by atoms with Gasteiger partial charge in [-0.3, -0.25) is 14.4 Å². The van der Waals surface area contributed by atoms with Gasteiger partial charge in [-0.2, -0.15) is 0 Å². The first-order valence-electron chi connectivity index (χ1n) is 6.55. The average molecular weight is 273 g/mol. The molecule has 1 aromatic carbocycles. The van der Waals surface area contributed by atoms with Gasteiger partial charge in [-0.15, -0.1) is 0 Å². The standard InChI is InChI=1S/C14H15N3O3/c15-6-8-1-2-10-9(5-8)7-17(14(10)20)12-11(18)3-4-16-13(12)19/h1-2,5,12H,3-4,6-7,15H2,(H,16,19). The van der Waals surface area contributed by atoms with Crippen molar-refractivity contribution >= 4 is 17.6 Å². The molecule has 0 saturated carbocycles. The van der Waals surface area contributed by atoms with E-state index in [0.29, 0.717) is 18.7 Å². The lowest BCUT2D eigenvalue weighted by Crippen LogP contribution is -2.55. The topological polar surface area (TPSA) is 92.5 Å². The van der Waals surface area contributed by atoms with Gasteiger partial charge in [-0.05, 0) is 17.2 Å². The molecule has 104 valence electrons. The Morgan fingerprint density at radius 2 is 2.10 bits per heavy atom. The van der Waals surface area contributed by atoms with Gasteiger partial charge in [-0.25, -0.2) is 0 Å². The number of Topliss-reactive ketones (excluding diaryl/α,β-unsaturated/α-hetero) is 1. The second-order valence-corrected chi connectivity index (χ2v) is 5.04. The predicted octanol–water partition coefficient (Wildman–Crippen LogP) is -0.441. The van der Waals surface area contributed by atoms with Gasteiger partial charge in [0.2, 0.25) is 0 Å². The molecule has 1 saturated heterocycles. The number of nitrogens with zero attached hydrogens (tertiary/aromatic N) is 1. The van der Waals surface area contributed by atoms with Gasteiger partial charge in [0.1, 0.15) is 0 Å². The van der Waals surface area contributed by atoms with Crippen molar-refractivity contribution in [3.05, 3.63) is 34.9 Å². The van der Waals surface area contributed by atoms with E-state index in [9.17, 15) is 14.4 Å². The number of hydrogen-bond donors (Lipinski definition) is 2. The molecule has 6 heteroatoms. The molecule has 1 fully saturated rings. The Hall–Kier alpha value is -2.21. The van der Waals surface area contributed by atoms with Crippen LogP contribution in [0.3, 0.4) is 0 Å². The Morgan fingerprint density at radius 1 is 1.30 bits per heavy atom. The van der Waals surface area contributed by atoms with Crippen molar-refractivity contribution in [2.24, 2.45) is 5.73 Å². The molecule has 2 aliphatic heterocycles. The van der Waals surface area contributed by atoms with Crippen LogP contribution < -0.4 is 11.1 Å². The maximum Gasteiger partial charge on any atom is 0.255 e. The van der Waals surface area contributed by atoms with E-state index < -0.39 is 6.04 Å². The van der Waals surface area contributed by atoms with E-state index >= 15 is 0 Å². The molecule has 0 bridgehead atoms. The number of benzene rings is 1. The van der Waals surface area contributed by atoms with Crippen molar-refractivity contribution in [2.45, 2.75) is 25.6 Å².